The lowest BCUT2D eigenvalue weighted by atomic mass is 10.1. The van der Waals surface area contributed by atoms with E-state index in [1.807, 2.05) is 31.2 Å². The van der Waals surface area contributed by atoms with Crippen molar-refractivity contribution in [2.45, 2.75) is 33.2 Å². The fourth-order valence-corrected chi connectivity index (χ4v) is 4.12. The molecule has 1 heterocycles. The van der Waals surface area contributed by atoms with Gasteiger partial charge in [-0.25, -0.2) is 8.42 Å². The van der Waals surface area contributed by atoms with Crippen LogP contribution in [0.3, 0.4) is 0 Å². The average molecular weight is 412 g/mol. The summed E-state index contributed by atoms with van der Waals surface area (Å²) in [5.41, 5.74) is 2.82. The van der Waals surface area contributed by atoms with Gasteiger partial charge in [0, 0.05) is 23.5 Å². The van der Waals surface area contributed by atoms with Gasteiger partial charge in [0.25, 0.3) is 0 Å². The Labute approximate surface area is 171 Å². The number of anilines is 1. The molecule has 0 unspecified atom stereocenters. The molecule has 3 rings (SSSR count). The molecule has 1 aliphatic rings. The first kappa shape index (κ1) is 20.7. The summed E-state index contributed by atoms with van der Waals surface area (Å²) in [4.78, 5) is 0. The van der Waals surface area contributed by atoms with Crippen LogP contribution in [0.4, 0.5) is 5.69 Å². The third-order valence-electron chi connectivity index (χ3n) is 4.59. The number of allylic oxidation sites excluding steroid dienone is 2. The maximum Gasteiger partial charge on any atom is 0.229 e. The first-order valence-electron chi connectivity index (χ1n) is 9.63. The van der Waals surface area contributed by atoms with Crippen LogP contribution in [0.25, 0.3) is 23.4 Å². The highest BCUT2D eigenvalue weighted by Gasteiger charge is 2.18. The molecular weight excluding hydrogens is 386 g/mol. The molecule has 7 heteroatoms. The quantitative estimate of drug-likeness (QED) is 0.759. The van der Waals surface area contributed by atoms with Crippen LogP contribution >= 0.6 is 0 Å². The highest BCUT2D eigenvalue weighted by Crippen LogP contribution is 2.24. The van der Waals surface area contributed by atoms with E-state index in [4.69, 9.17) is 4.74 Å². The second-order valence-electron chi connectivity index (χ2n) is 6.86. The van der Waals surface area contributed by atoms with Crippen LogP contribution in [0.1, 0.15) is 32.3 Å². The summed E-state index contributed by atoms with van der Waals surface area (Å²) in [7, 11) is -3.34. The van der Waals surface area contributed by atoms with Gasteiger partial charge < -0.3 is 9.30 Å². The van der Waals surface area contributed by atoms with Crippen molar-refractivity contribution in [3.8, 4) is 17.3 Å². The van der Waals surface area contributed by atoms with Gasteiger partial charge in [0.15, 0.2) is 0 Å². The van der Waals surface area contributed by atoms with E-state index in [0.29, 0.717) is 24.3 Å². The Kier molecular flexibility index (Phi) is 6.14. The minimum absolute atomic E-state index is 0.490. The number of nitrogens with one attached hydrogen (secondary N) is 1. The largest absolute Gasteiger partial charge is 0.494 e. The number of hydrogen-bond acceptors (Lipinski definition) is 4. The fraction of sp³-hybridized carbons (Fsp3) is 0.318. The summed E-state index contributed by atoms with van der Waals surface area (Å²) in [5.74, 6) is 0.807. The molecule has 1 aromatic carbocycles. The monoisotopic (exact) mass is 411 g/mol. The first-order valence-corrected chi connectivity index (χ1v) is 11.5. The van der Waals surface area contributed by atoms with Gasteiger partial charge in [0.05, 0.1) is 29.5 Å². The maximum absolute atomic E-state index is 11.5. The molecule has 29 heavy (non-hydrogen) atoms. The normalized spacial score (nSPS) is 13.2. The van der Waals surface area contributed by atoms with E-state index in [9.17, 15) is 13.7 Å². The summed E-state index contributed by atoms with van der Waals surface area (Å²) in [5, 5.41) is 11.8. The SMILES string of the molecule is CCCn1c(-c2ccc(NS(C)(=O)=O)cc2)c(C#N)c2c1=CC(OCC)=CCC=2. The minimum Gasteiger partial charge on any atom is -0.494 e. The van der Waals surface area contributed by atoms with Crippen LogP contribution < -0.4 is 15.3 Å². The molecular formula is C22H25N3O3S. The Morgan fingerprint density at radius 2 is 1.93 bits per heavy atom. The van der Waals surface area contributed by atoms with E-state index in [0.717, 1.165) is 46.8 Å². The number of benzene rings is 1. The van der Waals surface area contributed by atoms with Crippen LogP contribution in [-0.2, 0) is 21.3 Å². The van der Waals surface area contributed by atoms with Crippen molar-refractivity contribution < 1.29 is 13.2 Å². The molecule has 1 N–H and O–H groups in total. The summed E-state index contributed by atoms with van der Waals surface area (Å²) >= 11 is 0. The molecule has 6 nitrogen and oxygen atoms in total. The molecule has 0 saturated heterocycles. The van der Waals surface area contributed by atoms with E-state index in [-0.39, 0.29) is 0 Å². The standard InChI is InChI=1S/C22H25N3O3S/c1-4-13-25-21-14-18(28-5-2)7-6-8-19(21)20(15-23)22(25)16-9-11-17(12-10-16)24-29(3,26)27/h7-12,14,24H,4-6,13H2,1-3H3. The number of ether oxygens (including phenoxy) is 1. The first-order chi connectivity index (χ1) is 13.9. The third kappa shape index (κ3) is 4.54. The predicted molar refractivity (Wildman–Crippen MR) is 116 cm³/mol. The number of sulfonamides is 1. The second-order valence-corrected chi connectivity index (χ2v) is 8.61. The Hall–Kier alpha value is -2.98. The number of nitriles is 1. The highest BCUT2D eigenvalue weighted by molar-refractivity contribution is 7.92. The molecule has 0 atom stereocenters. The zero-order valence-corrected chi connectivity index (χ0v) is 17.7. The van der Waals surface area contributed by atoms with Crippen molar-refractivity contribution in [1.29, 1.82) is 5.26 Å². The molecule has 0 spiro atoms. The van der Waals surface area contributed by atoms with E-state index >= 15 is 0 Å². The molecule has 152 valence electrons. The lowest BCUT2D eigenvalue weighted by Gasteiger charge is -2.11. The van der Waals surface area contributed by atoms with Crippen LogP contribution in [0, 0.1) is 11.3 Å². The van der Waals surface area contributed by atoms with Gasteiger partial charge in [-0.15, -0.1) is 0 Å². The Morgan fingerprint density at radius 1 is 1.21 bits per heavy atom. The number of rotatable bonds is 7. The number of hydrogen-bond donors (Lipinski definition) is 1. The lowest BCUT2D eigenvalue weighted by Crippen LogP contribution is -2.30. The molecule has 2 aromatic rings. The van der Waals surface area contributed by atoms with Crippen molar-refractivity contribution in [1.82, 2.24) is 4.57 Å². The Balaban J connectivity index is 2.21. The fourth-order valence-electron chi connectivity index (χ4n) is 3.55. The smallest absolute Gasteiger partial charge is 0.229 e. The van der Waals surface area contributed by atoms with E-state index in [1.54, 1.807) is 12.1 Å². The van der Waals surface area contributed by atoms with Crippen molar-refractivity contribution in [3.05, 3.63) is 52.2 Å². The Bertz CT molecular complexity index is 1200. The molecule has 0 aliphatic heterocycles. The molecule has 0 fully saturated rings. The minimum atomic E-state index is -3.34. The number of aromatic nitrogens is 1. The molecule has 0 bridgehead atoms. The van der Waals surface area contributed by atoms with E-state index < -0.39 is 10.0 Å². The zero-order valence-electron chi connectivity index (χ0n) is 16.9. The second kappa shape index (κ2) is 8.58. The maximum atomic E-state index is 11.5. The summed E-state index contributed by atoms with van der Waals surface area (Å²) in [6.07, 6.45) is 8.81. The van der Waals surface area contributed by atoms with Crippen molar-refractivity contribution in [2.75, 3.05) is 17.6 Å². The van der Waals surface area contributed by atoms with Gasteiger partial charge in [-0.1, -0.05) is 25.1 Å². The Morgan fingerprint density at radius 3 is 2.52 bits per heavy atom. The molecule has 0 radical (unpaired) electrons. The highest BCUT2D eigenvalue weighted by atomic mass is 32.2. The molecule has 0 saturated carbocycles. The van der Waals surface area contributed by atoms with E-state index in [1.165, 1.54) is 0 Å². The van der Waals surface area contributed by atoms with Gasteiger partial charge in [0.2, 0.25) is 10.0 Å². The van der Waals surface area contributed by atoms with Crippen LogP contribution in [0.2, 0.25) is 0 Å². The van der Waals surface area contributed by atoms with Crippen LogP contribution in [0.5, 0.6) is 0 Å². The third-order valence-corrected chi connectivity index (χ3v) is 5.20. The van der Waals surface area contributed by atoms with Gasteiger partial charge in [0.1, 0.15) is 11.8 Å². The van der Waals surface area contributed by atoms with Crippen LogP contribution in [-0.4, -0.2) is 25.8 Å². The summed E-state index contributed by atoms with van der Waals surface area (Å²) < 4.78 is 33.3. The summed E-state index contributed by atoms with van der Waals surface area (Å²) in [6, 6.07) is 9.49. The predicted octanol–water partition coefficient (Wildman–Crippen LogP) is 2.69. The topological polar surface area (TPSA) is 84.1 Å². The van der Waals surface area contributed by atoms with E-state index in [2.05, 4.69) is 28.4 Å². The van der Waals surface area contributed by atoms with Crippen LogP contribution in [0.15, 0.2) is 36.1 Å². The van der Waals surface area contributed by atoms with Crippen molar-refractivity contribution in [3.63, 3.8) is 0 Å². The summed E-state index contributed by atoms with van der Waals surface area (Å²) in [6.45, 7) is 5.39. The van der Waals surface area contributed by atoms with Crippen molar-refractivity contribution >= 4 is 27.9 Å². The number of fused-ring (bicyclic) bond motifs is 1. The molecule has 1 aliphatic carbocycles. The van der Waals surface area contributed by atoms with Gasteiger partial charge >= 0.3 is 0 Å². The van der Waals surface area contributed by atoms with Gasteiger partial charge in [-0.3, -0.25) is 4.72 Å². The van der Waals surface area contributed by atoms with Crippen molar-refractivity contribution in [2.24, 2.45) is 0 Å². The average Bonchev–Trinajstić information content (AvgIpc) is 2.80. The molecule has 1 aromatic heterocycles. The lowest BCUT2D eigenvalue weighted by molar-refractivity contribution is 0.247. The zero-order chi connectivity index (χ0) is 21.0. The van der Waals surface area contributed by atoms with Gasteiger partial charge in [-0.05, 0) is 43.5 Å². The number of nitrogens with zero attached hydrogens (tertiary/aromatic N) is 2. The van der Waals surface area contributed by atoms with Gasteiger partial charge in [-0.2, -0.15) is 5.26 Å². The molecule has 0 amide bonds.